The van der Waals surface area contributed by atoms with E-state index < -0.39 is 6.61 Å². The van der Waals surface area contributed by atoms with E-state index in [0.717, 1.165) is 5.56 Å². The number of ether oxygens (including phenoxy) is 2. The van der Waals surface area contributed by atoms with Gasteiger partial charge in [0.25, 0.3) is 5.91 Å². The van der Waals surface area contributed by atoms with Crippen LogP contribution in [0.1, 0.15) is 28.9 Å². The fraction of sp³-hybridized carbons (Fsp3) is 0.235. The van der Waals surface area contributed by atoms with Gasteiger partial charge in [0.15, 0.2) is 11.5 Å². The number of hydrogen-bond acceptors (Lipinski definition) is 3. The first kappa shape index (κ1) is 16.7. The first-order valence-electron chi connectivity index (χ1n) is 7.00. The van der Waals surface area contributed by atoms with Crippen molar-refractivity contribution in [2.75, 3.05) is 7.11 Å². The summed E-state index contributed by atoms with van der Waals surface area (Å²) < 4.78 is 33.9. The van der Waals surface area contributed by atoms with E-state index in [1.54, 1.807) is 0 Å². The molecule has 0 saturated heterocycles. The Kier molecular flexibility index (Phi) is 5.51. The fourth-order valence-corrected chi connectivity index (χ4v) is 2.11. The largest absolute Gasteiger partial charge is 0.493 e. The van der Waals surface area contributed by atoms with Gasteiger partial charge in [-0.05, 0) is 30.7 Å². The molecule has 2 aromatic carbocycles. The molecule has 0 spiro atoms. The number of benzene rings is 2. The van der Waals surface area contributed by atoms with Gasteiger partial charge in [-0.1, -0.05) is 30.3 Å². The van der Waals surface area contributed by atoms with E-state index >= 15 is 0 Å². The lowest BCUT2D eigenvalue weighted by Crippen LogP contribution is -2.26. The average Bonchev–Trinajstić information content (AvgIpc) is 2.55. The van der Waals surface area contributed by atoms with E-state index in [1.165, 1.54) is 25.3 Å². The molecular weight excluding hydrogens is 304 g/mol. The van der Waals surface area contributed by atoms with Gasteiger partial charge in [-0.3, -0.25) is 4.79 Å². The van der Waals surface area contributed by atoms with Gasteiger partial charge in [-0.2, -0.15) is 8.78 Å². The normalized spacial score (nSPS) is 11.9. The molecule has 0 fully saturated rings. The number of rotatable bonds is 6. The SMILES string of the molecule is COc1cc(C(=O)NC(C)c2ccccc2)ccc1OC(F)F. The summed E-state index contributed by atoms with van der Waals surface area (Å²) in [6, 6.07) is 13.4. The highest BCUT2D eigenvalue weighted by molar-refractivity contribution is 5.95. The van der Waals surface area contributed by atoms with Crippen molar-refractivity contribution in [1.82, 2.24) is 5.32 Å². The molecule has 1 atom stereocenters. The molecule has 6 heteroatoms. The van der Waals surface area contributed by atoms with Crippen LogP contribution in [0.2, 0.25) is 0 Å². The van der Waals surface area contributed by atoms with E-state index in [1.807, 2.05) is 37.3 Å². The van der Waals surface area contributed by atoms with Crippen LogP contribution in [0.3, 0.4) is 0 Å². The summed E-state index contributed by atoms with van der Waals surface area (Å²) in [5.41, 5.74) is 1.26. The minimum atomic E-state index is -2.96. The molecule has 0 aliphatic carbocycles. The van der Waals surface area contributed by atoms with E-state index in [9.17, 15) is 13.6 Å². The Bertz CT molecular complexity index is 662. The Morgan fingerprint density at radius 1 is 1.09 bits per heavy atom. The zero-order valence-electron chi connectivity index (χ0n) is 12.8. The third-order valence-corrected chi connectivity index (χ3v) is 3.29. The van der Waals surface area contributed by atoms with E-state index in [-0.39, 0.29) is 23.4 Å². The maximum atomic E-state index is 12.3. The zero-order valence-corrected chi connectivity index (χ0v) is 12.8. The Labute approximate surface area is 133 Å². The van der Waals surface area contributed by atoms with Crippen LogP contribution in [-0.4, -0.2) is 19.6 Å². The molecule has 0 heterocycles. The lowest BCUT2D eigenvalue weighted by atomic mass is 10.1. The van der Waals surface area contributed by atoms with Crippen molar-refractivity contribution < 1.29 is 23.0 Å². The minimum Gasteiger partial charge on any atom is -0.493 e. The summed E-state index contributed by atoms with van der Waals surface area (Å²) in [5.74, 6) is -0.372. The molecule has 0 saturated carbocycles. The van der Waals surface area contributed by atoms with Crippen LogP contribution in [0.25, 0.3) is 0 Å². The number of nitrogens with one attached hydrogen (secondary N) is 1. The van der Waals surface area contributed by atoms with Gasteiger partial charge < -0.3 is 14.8 Å². The summed E-state index contributed by atoms with van der Waals surface area (Å²) in [4.78, 5) is 12.3. The molecule has 0 aliphatic rings. The average molecular weight is 321 g/mol. The summed E-state index contributed by atoms with van der Waals surface area (Å²) >= 11 is 0. The van der Waals surface area contributed by atoms with E-state index in [2.05, 4.69) is 10.1 Å². The van der Waals surface area contributed by atoms with Crippen molar-refractivity contribution in [3.63, 3.8) is 0 Å². The Morgan fingerprint density at radius 3 is 2.39 bits per heavy atom. The highest BCUT2D eigenvalue weighted by Crippen LogP contribution is 2.29. The van der Waals surface area contributed by atoms with Gasteiger partial charge in [0.2, 0.25) is 0 Å². The first-order valence-corrected chi connectivity index (χ1v) is 7.00. The van der Waals surface area contributed by atoms with Crippen LogP contribution in [0, 0.1) is 0 Å². The summed E-state index contributed by atoms with van der Waals surface area (Å²) in [6.45, 7) is -1.10. The number of methoxy groups -OCH3 is 1. The predicted molar refractivity (Wildman–Crippen MR) is 81.9 cm³/mol. The molecule has 23 heavy (non-hydrogen) atoms. The highest BCUT2D eigenvalue weighted by Gasteiger charge is 2.16. The summed E-state index contributed by atoms with van der Waals surface area (Å²) in [5, 5.41) is 2.84. The second kappa shape index (κ2) is 7.58. The van der Waals surface area contributed by atoms with Crippen molar-refractivity contribution >= 4 is 5.91 Å². The van der Waals surface area contributed by atoms with Crippen molar-refractivity contribution in [3.8, 4) is 11.5 Å². The van der Waals surface area contributed by atoms with Gasteiger partial charge in [0.1, 0.15) is 0 Å². The number of halogens is 2. The van der Waals surface area contributed by atoms with Crippen LogP contribution in [0.15, 0.2) is 48.5 Å². The second-order valence-electron chi connectivity index (χ2n) is 4.85. The smallest absolute Gasteiger partial charge is 0.387 e. The minimum absolute atomic E-state index is 0.0744. The molecule has 1 N–H and O–H groups in total. The van der Waals surface area contributed by atoms with Crippen LogP contribution in [0.4, 0.5) is 8.78 Å². The molecule has 2 rings (SSSR count). The van der Waals surface area contributed by atoms with Gasteiger partial charge in [-0.15, -0.1) is 0 Å². The zero-order chi connectivity index (χ0) is 16.8. The van der Waals surface area contributed by atoms with Crippen LogP contribution >= 0.6 is 0 Å². The number of amides is 1. The van der Waals surface area contributed by atoms with Crippen molar-refractivity contribution in [1.29, 1.82) is 0 Å². The second-order valence-corrected chi connectivity index (χ2v) is 4.85. The first-order chi connectivity index (χ1) is 11.0. The van der Waals surface area contributed by atoms with Gasteiger partial charge in [0.05, 0.1) is 13.2 Å². The molecule has 2 aromatic rings. The highest BCUT2D eigenvalue weighted by atomic mass is 19.3. The standard InChI is InChI=1S/C17H17F2NO3/c1-11(12-6-4-3-5-7-12)20-16(21)13-8-9-14(23-17(18)19)15(10-13)22-2/h3-11,17H,1-2H3,(H,20,21). The molecule has 0 bridgehead atoms. The van der Waals surface area contributed by atoms with Gasteiger partial charge >= 0.3 is 6.61 Å². The lowest BCUT2D eigenvalue weighted by Gasteiger charge is -2.15. The third kappa shape index (κ3) is 4.42. The monoisotopic (exact) mass is 321 g/mol. The molecule has 0 radical (unpaired) electrons. The van der Waals surface area contributed by atoms with E-state index in [4.69, 9.17) is 4.74 Å². The Morgan fingerprint density at radius 2 is 1.78 bits per heavy atom. The van der Waals surface area contributed by atoms with E-state index in [0.29, 0.717) is 5.56 Å². The fourth-order valence-electron chi connectivity index (χ4n) is 2.11. The molecule has 1 amide bonds. The van der Waals surface area contributed by atoms with Crippen molar-refractivity contribution in [2.24, 2.45) is 0 Å². The van der Waals surface area contributed by atoms with Gasteiger partial charge in [0, 0.05) is 5.56 Å². The maximum Gasteiger partial charge on any atom is 0.387 e. The third-order valence-electron chi connectivity index (χ3n) is 3.29. The molecule has 0 aromatic heterocycles. The molecule has 0 aliphatic heterocycles. The lowest BCUT2D eigenvalue weighted by molar-refractivity contribution is -0.0512. The van der Waals surface area contributed by atoms with Crippen LogP contribution in [0.5, 0.6) is 11.5 Å². The number of alkyl halides is 2. The Balaban J connectivity index is 2.13. The topological polar surface area (TPSA) is 47.6 Å². The maximum absolute atomic E-state index is 12.3. The predicted octanol–water partition coefficient (Wildman–Crippen LogP) is 3.79. The molecule has 1 unspecified atom stereocenters. The van der Waals surface area contributed by atoms with Crippen molar-refractivity contribution in [3.05, 3.63) is 59.7 Å². The van der Waals surface area contributed by atoms with Gasteiger partial charge in [-0.25, -0.2) is 0 Å². The molecular formula is C17H17F2NO3. The van der Waals surface area contributed by atoms with Crippen LogP contribution in [-0.2, 0) is 0 Å². The summed E-state index contributed by atoms with van der Waals surface area (Å²) in [6.07, 6.45) is 0. The quantitative estimate of drug-likeness (QED) is 0.880. The number of carbonyl (C=O) groups is 1. The number of carbonyl (C=O) groups excluding carboxylic acids is 1. The van der Waals surface area contributed by atoms with Crippen LogP contribution < -0.4 is 14.8 Å². The summed E-state index contributed by atoms with van der Waals surface area (Å²) in [7, 11) is 1.32. The Hall–Kier alpha value is -2.63. The molecule has 4 nitrogen and oxygen atoms in total. The molecule has 122 valence electrons. The number of hydrogen-bond donors (Lipinski definition) is 1. The van der Waals surface area contributed by atoms with Crippen molar-refractivity contribution in [2.45, 2.75) is 19.6 Å².